The molecule has 0 spiro atoms. The Hall–Kier alpha value is -0.350. The summed E-state index contributed by atoms with van der Waals surface area (Å²) in [5.41, 5.74) is 0. The second-order valence-electron chi connectivity index (χ2n) is 4.89. The van der Waals surface area contributed by atoms with Crippen molar-refractivity contribution in [1.82, 2.24) is 10.2 Å². The fourth-order valence-corrected chi connectivity index (χ4v) is 2.90. The molecule has 4 heteroatoms. The van der Waals surface area contributed by atoms with Gasteiger partial charge in [-0.05, 0) is 37.9 Å². The Morgan fingerprint density at radius 2 is 1.81 bits per heavy atom. The zero-order valence-corrected chi connectivity index (χ0v) is 10.9. The smallest absolute Gasteiger partial charge is 0.169 e. The second-order valence-corrected chi connectivity index (χ2v) is 5.27. The van der Waals surface area contributed by atoms with E-state index < -0.39 is 0 Å². The van der Waals surface area contributed by atoms with Gasteiger partial charge in [0.2, 0.25) is 0 Å². The van der Waals surface area contributed by atoms with E-state index in [1.54, 1.807) is 0 Å². The van der Waals surface area contributed by atoms with Gasteiger partial charge >= 0.3 is 0 Å². The molecule has 2 rings (SSSR count). The summed E-state index contributed by atoms with van der Waals surface area (Å²) >= 11 is 5.47. The van der Waals surface area contributed by atoms with Crippen molar-refractivity contribution >= 4 is 17.3 Å². The molecule has 1 aliphatic heterocycles. The molecule has 0 unspecified atom stereocenters. The summed E-state index contributed by atoms with van der Waals surface area (Å²) in [4.78, 5) is 2.23. The van der Waals surface area contributed by atoms with Crippen molar-refractivity contribution in [2.24, 2.45) is 0 Å². The number of nitrogens with one attached hydrogen (secondary N) is 1. The van der Waals surface area contributed by atoms with Gasteiger partial charge in [-0.2, -0.15) is 0 Å². The van der Waals surface area contributed by atoms with Gasteiger partial charge in [0.25, 0.3) is 0 Å². The van der Waals surface area contributed by atoms with Crippen LogP contribution in [0.15, 0.2) is 0 Å². The molecule has 0 bridgehead atoms. The van der Waals surface area contributed by atoms with Crippen LogP contribution in [0.2, 0.25) is 0 Å². The van der Waals surface area contributed by atoms with Crippen molar-refractivity contribution in [1.29, 1.82) is 0 Å². The lowest BCUT2D eigenvalue weighted by Gasteiger charge is -2.34. The van der Waals surface area contributed by atoms with Gasteiger partial charge in [-0.3, -0.25) is 0 Å². The van der Waals surface area contributed by atoms with E-state index in [0.29, 0.717) is 12.1 Å². The van der Waals surface area contributed by atoms with Gasteiger partial charge in [0.05, 0.1) is 0 Å². The van der Waals surface area contributed by atoms with Crippen LogP contribution in [-0.2, 0) is 4.74 Å². The summed E-state index contributed by atoms with van der Waals surface area (Å²) < 4.78 is 5.37. The van der Waals surface area contributed by atoms with Crippen molar-refractivity contribution in [3.63, 3.8) is 0 Å². The molecule has 0 amide bonds. The number of ether oxygens (including phenoxy) is 1. The van der Waals surface area contributed by atoms with Gasteiger partial charge in [-0.1, -0.05) is 12.8 Å². The molecule has 0 aromatic rings. The predicted octanol–water partition coefficient (Wildman–Crippen LogP) is 1.91. The normalized spacial score (nSPS) is 23.3. The number of hydrogen-bond donors (Lipinski definition) is 1. The molecule has 0 aromatic heterocycles. The lowest BCUT2D eigenvalue weighted by molar-refractivity contribution is 0.0602. The average molecular weight is 242 g/mol. The molecule has 2 fully saturated rings. The van der Waals surface area contributed by atoms with E-state index in [0.717, 1.165) is 31.2 Å². The molecule has 1 saturated heterocycles. The first-order valence-corrected chi connectivity index (χ1v) is 6.79. The zero-order chi connectivity index (χ0) is 11.4. The van der Waals surface area contributed by atoms with Crippen LogP contribution in [0, 0.1) is 0 Å². The predicted molar refractivity (Wildman–Crippen MR) is 69.6 cm³/mol. The van der Waals surface area contributed by atoms with Crippen molar-refractivity contribution in [3.05, 3.63) is 0 Å². The van der Waals surface area contributed by atoms with Crippen molar-refractivity contribution in [2.45, 2.75) is 50.6 Å². The molecule has 2 aliphatic rings. The fourth-order valence-electron chi connectivity index (χ4n) is 2.58. The first-order chi connectivity index (χ1) is 7.77. The first kappa shape index (κ1) is 12.1. The molecule has 1 heterocycles. The summed E-state index contributed by atoms with van der Waals surface area (Å²) in [6.45, 7) is 1.75. The number of hydrogen-bond acceptors (Lipinski definition) is 2. The molecule has 92 valence electrons. The third kappa shape index (κ3) is 3.08. The van der Waals surface area contributed by atoms with Gasteiger partial charge in [0, 0.05) is 32.3 Å². The van der Waals surface area contributed by atoms with Crippen molar-refractivity contribution in [3.8, 4) is 0 Å². The van der Waals surface area contributed by atoms with Crippen LogP contribution in [0.4, 0.5) is 0 Å². The SMILES string of the molecule is CN(C(=S)NC1CCCC1)C1CCOCC1. The maximum absolute atomic E-state index is 5.47. The Morgan fingerprint density at radius 3 is 2.44 bits per heavy atom. The Balaban J connectivity index is 1.78. The molecule has 3 nitrogen and oxygen atoms in total. The number of nitrogens with zero attached hydrogens (tertiary/aromatic N) is 1. The van der Waals surface area contributed by atoms with Crippen LogP contribution in [0.5, 0.6) is 0 Å². The molecule has 1 saturated carbocycles. The standard InChI is InChI=1S/C12H22N2OS/c1-14(11-6-8-15-9-7-11)12(16)13-10-4-2-3-5-10/h10-11H,2-9H2,1H3,(H,13,16). The Labute approximate surface area is 104 Å². The summed E-state index contributed by atoms with van der Waals surface area (Å²) in [7, 11) is 2.11. The van der Waals surface area contributed by atoms with E-state index in [1.165, 1.54) is 25.7 Å². The highest BCUT2D eigenvalue weighted by molar-refractivity contribution is 7.80. The minimum atomic E-state index is 0.565. The highest BCUT2D eigenvalue weighted by atomic mass is 32.1. The van der Waals surface area contributed by atoms with Gasteiger partial charge in [-0.25, -0.2) is 0 Å². The van der Waals surface area contributed by atoms with E-state index in [-0.39, 0.29) is 0 Å². The number of thiocarbonyl (C=S) groups is 1. The van der Waals surface area contributed by atoms with Crippen LogP contribution < -0.4 is 5.32 Å². The third-order valence-corrected chi connectivity index (χ3v) is 4.15. The van der Waals surface area contributed by atoms with Gasteiger partial charge in [0.1, 0.15) is 0 Å². The van der Waals surface area contributed by atoms with Crippen molar-refractivity contribution in [2.75, 3.05) is 20.3 Å². The summed E-state index contributed by atoms with van der Waals surface area (Å²) in [6, 6.07) is 1.19. The molecule has 0 atom stereocenters. The van der Waals surface area contributed by atoms with E-state index in [2.05, 4.69) is 17.3 Å². The number of rotatable bonds is 2. The minimum Gasteiger partial charge on any atom is -0.381 e. The molecular formula is C12H22N2OS. The van der Waals surface area contributed by atoms with Crippen LogP contribution in [-0.4, -0.2) is 42.4 Å². The van der Waals surface area contributed by atoms with Crippen molar-refractivity contribution < 1.29 is 4.74 Å². The molecule has 1 aliphatic carbocycles. The summed E-state index contributed by atoms with van der Waals surface area (Å²) in [5.74, 6) is 0. The first-order valence-electron chi connectivity index (χ1n) is 6.38. The van der Waals surface area contributed by atoms with Crippen LogP contribution in [0.1, 0.15) is 38.5 Å². The second kappa shape index (κ2) is 5.82. The van der Waals surface area contributed by atoms with Crippen LogP contribution >= 0.6 is 12.2 Å². The maximum Gasteiger partial charge on any atom is 0.169 e. The zero-order valence-electron chi connectivity index (χ0n) is 10.1. The van der Waals surface area contributed by atoms with Gasteiger partial charge in [0.15, 0.2) is 5.11 Å². The quantitative estimate of drug-likeness (QED) is 0.748. The van der Waals surface area contributed by atoms with E-state index in [4.69, 9.17) is 17.0 Å². The topological polar surface area (TPSA) is 24.5 Å². The van der Waals surface area contributed by atoms with E-state index in [9.17, 15) is 0 Å². The lowest BCUT2D eigenvalue weighted by atomic mass is 10.1. The average Bonchev–Trinajstić information content (AvgIpc) is 2.82. The fraction of sp³-hybridized carbons (Fsp3) is 0.917. The molecule has 16 heavy (non-hydrogen) atoms. The van der Waals surface area contributed by atoms with E-state index in [1.807, 2.05) is 0 Å². The Kier molecular flexibility index (Phi) is 4.41. The molecule has 0 radical (unpaired) electrons. The van der Waals surface area contributed by atoms with Gasteiger partial charge in [-0.15, -0.1) is 0 Å². The van der Waals surface area contributed by atoms with Crippen LogP contribution in [0.25, 0.3) is 0 Å². The Morgan fingerprint density at radius 1 is 1.19 bits per heavy atom. The molecule has 0 aromatic carbocycles. The Bertz CT molecular complexity index is 235. The largest absolute Gasteiger partial charge is 0.381 e. The molecular weight excluding hydrogens is 220 g/mol. The van der Waals surface area contributed by atoms with E-state index >= 15 is 0 Å². The van der Waals surface area contributed by atoms with Crippen LogP contribution in [0.3, 0.4) is 0 Å². The highest BCUT2D eigenvalue weighted by Gasteiger charge is 2.22. The summed E-state index contributed by atoms with van der Waals surface area (Å²) in [5, 5.41) is 4.42. The maximum atomic E-state index is 5.47. The summed E-state index contributed by atoms with van der Waals surface area (Å²) in [6.07, 6.45) is 7.46. The molecule has 1 N–H and O–H groups in total. The highest BCUT2D eigenvalue weighted by Crippen LogP contribution is 2.19. The monoisotopic (exact) mass is 242 g/mol. The van der Waals surface area contributed by atoms with Gasteiger partial charge < -0.3 is 15.0 Å². The lowest BCUT2D eigenvalue weighted by Crippen LogP contribution is -2.48. The minimum absolute atomic E-state index is 0.565. The third-order valence-electron chi connectivity index (χ3n) is 3.74.